The van der Waals surface area contributed by atoms with Gasteiger partial charge >= 0.3 is 175 Å². The molecule has 0 heterocycles. The molecule has 0 aliphatic rings. The molecule has 0 atom stereocenters. The zero-order valence-corrected chi connectivity index (χ0v) is 41.4. The molecule has 8 aromatic rings. The predicted molar refractivity (Wildman–Crippen MR) is 262 cm³/mol. The summed E-state index contributed by atoms with van der Waals surface area (Å²) < 4.78 is -1.66. The molecule has 8 aromatic carbocycles. The molecular weight excluding hydrogens is 941 g/mol. The van der Waals surface area contributed by atoms with Crippen LogP contribution in [0.15, 0.2) is 170 Å². The predicted octanol–water partition coefficient (Wildman–Crippen LogP) is 17.5. The minimum atomic E-state index is -1.41. The van der Waals surface area contributed by atoms with Crippen molar-refractivity contribution in [1.82, 2.24) is 0 Å². The van der Waals surface area contributed by atoms with Gasteiger partial charge in [0.25, 0.3) is 0 Å². The van der Waals surface area contributed by atoms with Crippen LogP contribution in [0.5, 0.6) is 0 Å². The van der Waals surface area contributed by atoms with Crippen molar-refractivity contribution in [3.8, 4) is 22.3 Å². The molecule has 0 aliphatic heterocycles. The zero-order valence-electron chi connectivity index (χ0n) is 34.4. The van der Waals surface area contributed by atoms with E-state index >= 15 is 0 Å². The smallest absolute Gasteiger partial charge is 0.172 e. The molecule has 0 radical (unpaired) electrons. The molecule has 0 saturated heterocycles. The van der Waals surface area contributed by atoms with Crippen molar-refractivity contribution >= 4 is 94.4 Å². The molecule has 7 heteroatoms. The van der Waals surface area contributed by atoms with E-state index in [-0.39, 0.29) is 10.8 Å². The third kappa shape index (κ3) is 11.5. The largest absolute Gasteiger partial charge is 0.214 e. The summed E-state index contributed by atoms with van der Waals surface area (Å²) in [4.78, 5) is 0. The standard InChI is InChI=1S/C33H33.C15H8Cl6.C5H5.Zr/c1-32(2,3)30-20-26-24(18-28(30)22-13-9-7-10-14-22)17-25-19-29(23-15-11-8-12-16-23)31(21-27(25)26)33(4,5)6;16-14(17,18)12-5-1-10(2-6-12)9-11-3-7-13(8-4-11)15(19,20)21;1-2-4-5-3-1;/h7-21H,1-6H3;1-8H;1-5H;/q-1;;-1;+2. The molecule has 0 saturated carbocycles. The summed E-state index contributed by atoms with van der Waals surface area (Å²) in [5.41, 5.74) is 11.6. The van der Waals surface area contributed by atoms with Gasteiger partial charge in [0.05, 0.1) is 0 Å². The van der Waals surface area contributed by atoms with Crippen LogP contribution in [0.3, 0.4) is 0 Å². The quantitative estimate of drug-likeness (QED) is 0.122. The molecule has 0 bridgehead atoms. The van der Waals surface area contributed by atoms with Crippen LogP contribution in [-0.4, -0.2) is 3.21 Å². The first-order valence-electron chi connectivity index (χ1n) is 19.7. The molecule has 0 unspecified atom stereocenters. The van der Waals surface area contributed by atoms with Crippen molar-refractivity contribution in [2.24, 2.45) is 0 Å². The van der Waals surface area contributed by atoms with Crippen molar-refractivity contribution in [2.45, 2.75) is 60.0 Å². The summed E-state index contributed by atoms with van der Waals surface area (Å²) in [6.45, 7) is 13.9. The second kappa shape index (κ2) is 19.2. The van der Waals surface area contributed by atoms with E-state index in [1.807, 2.05) is 78.9 Å². The van der Waals surface area contributed by atoms with E-state index < -0.39 is 7.59 Å². The van der Waals surface area contributed by atoms with Crippen LogP contribution in [0.2, 0.25) is 0 Å². The maximum absolute atomic E-state index is 5.86. The van der Waals surface area contributed by atoms with Gasteiger partial charge in [-0.15, -0.1) is 39.7 Å². The van der Waals surface area contributed by atoms with Crippen molar-refractivity contribution in [1.29, 1.82) is 0 Å². The minimum Gasteiger partial charge on any atom is -0.214 e. The SMILES string of the molecule is CC(C)(C)c1cc2c(cc1-c1ccccc1)[cH-]c1cc(-c3ccccc3)c(C(C)(C)C)cc12.ClC(Cl)(Cl)c1ccc([C](=[Zr+2])c2ccc(C(Cl)(Cl)Cl)cc2)cc1.c1cc[cH-]c1. The van der Waals surface area contributed by atoms with E-state index in [2.05, 4.69) is 133 Å². The first-order chi connectivity index (χ1) is 28.2. The number of fused-ring (bicyclic) bond motifs is 3. The van der Waals surface area contributed by atoms with Crippen LogP contribution in [0, 0.1) is 0 Å². The number of halogens is 6. The third-order valence-electron chi connectivity index (χ3n) is 10.3. The molecule has 304 valence electrons. The van der Waals surface area contributed by atoms with Crippen molar-refractivity contribution < 1.29 is 24.2 Å². The van der Waals surface area contributed by atoms with Crippen LogP contribution in [0.4, 0.5) is 0 Å². The number of hydrogen-bond donors (Lipinski definition) is 0. The number of alkyl halides is 6. The Kier molecular flexibility index (Phi) is 14.9. The Labute approximate surface area is 400 Å². The Morgan fingerprint density at radius 1 is 0.450 bits per heavy atom. The van der Waals surface area contributed by atoms with Gasteiger partial charge in [0.15, 0.2) is 0 Å². The van der Waals surface area contributed by atoms with Crippen LogP contribution in [-0.2, 0) is 42.7 Å². The second-order valence-electron chi connectivity index (χ2n) is 16.8. The zero-order chi connectivity index (χ0) is 43.5. The molecule has 0 fully saturated rings. The van der Waals surface area contributed by atoms with Gasteiger partial charge in [-0.2, -0.15) is 18.2 Å². The van der Waals surface area contributed by atoms with E-state index in [1.54, 1.807) is 0 Å². The summed E-state index contributed by atoms with van der Waals surface area (Å²) in [5, 5.41) is 5.36. The van der Waals surface area contributed by atoms with Gasteiger partial charge in [0, 0.05) is 0 Å². The first kappa shape index (κ1) is 46.5. The fourth-order valence-electron chi connectivity index (χ4n) is 7.20. The molecule has 0 N–H and O–H groups in total. The van der Waals surface area contributed by atoms with E-state index in [9.17, 15) is 0 Å². The average Bonchev–Trinajstić information content (AvgIpc) is 3.91. The molecule has 0 spiro atoms. The van der Waals surface area contributed by atoms with Crippen LogP contribution in [0.1, 0.15) is 74.9 Å². The average molecular weight is 987 g/mol. The monoisotopic (exact) mass is 982 g/mol. The van der Waals surface area contributed by atoms with Gasteiger partial charge < -0.3 is 0 Å². The summed E-state index contributed by atoms with van der Waals surface area (Å²) in [7, 11) is 0. The molecule has 0 aromatic heterocycles. The Morgan fingerprint density at radius 2 is 0.800 bits per heavy atom. The van der Waals surface area contributed by atoms with Crippen molar-refractivity contribution in [3.63, 3.8) is 0 Å². The topological polar surface area (TPSA) is 0 Å². The summed E-state index contributed by atoms with van der Waals surface area (Å²) in [6, 6.07) is 58.7. The van der Waals surface area contributed by atoms with Gasteiger partial charge in [-0.25, -0.2) is 12.1 Å². The summed E-state index contributed by atoms with van der Waals surface area (Å²) in [5.74, 6) is 0. The Bertz CT molecular complexity index is 2460. The fourth-order valence-corrected chi connectivity index (χ4v) is 8.77. The molecule has 8 rings (SSSR count). The minimum absolute atomic E-state index is 0.0554. The van der Waals surface area contributed by atoms with E-state index in [0.29, 0.717) is 11.1 Å². The normalized spacial score (nSPS) is 12.1. The second-order valence-corrected chi connectivity index (χ2v) is 22.6. The Balaban J connectivity index is 0.000000192. The number of benzene rings is 6. The molecule has 60 heavy (non-hydrogen) atoms. The Morgan fingerprint density at radius 3 is 1.08 bits per heavy atom. The molecule has 0 aliphatic carbocycles. The molecular formula is C53H46Cl6Zr. The fraction of sp³-hybridized carbons (Fsp3) is 0.189. The summed E-state index contributed by atoms with van der Waals surface area (Å²) in [6.07, 6.45) is 0. The van der Waals surface area contributed by atoms with E-state index in [0.717, 1.165) is 11.1 Å². The molecule has 0 nitrogen and oxygen atoms in total. The van der Waals surface area contributed by atoms with Crippen molar-refractivity contribution in [3.05, 3.63) is 203 Å². The maximum atomic E-state index is 5.86. The van der Waals surface area contributed by atoms with Gasteiger partial charge in [-0.05, 0) is 44.2 Å². The van der Waals surface area contributed by atoms with Crippen LogP contribution in [0.25, 0.3) is 43.8 Å². The van der Waals surface area contributed by atoms with Gasteiger partial charge in [-0.1, -0.05) is 114 Å². The van der Waals surface area contributed by atoms with Crippen LogP contribution >= 0.6 is 69.6 Å². The maximum Gasteiger partial charge on any atom is -0.172 e. The van der Waals surface area contributed by atoms with Gasteiger partial charge in [-0.3, -0.25) is 0 Å². The first-order valence-corrected chi connectivity index (χ1v) is 23.1. The van der Waals surface area contributed by atoms with Gasteiger partial charge in [0.1, 0.15) is 0 Å². The van der Waals surface area contributed by atoms with Gasteiger partial charge in [0.2, 0.25) is 0 Å². The number of hydrogen-bond acceptors (Lipinski definition) is 0. The van der Waals surface area contributed by atoms with Crippen molar-refractivity contribution in [2.75, 3.05) is 0 Å². The molecule has 0 amide bonds. The van der Waals surface area contributed by atoms with Crippen LogP contribution < -0.4 is 0 Å². The number of rotatable bonds is 4. The summed E-state index contributed by atoms with van der Waals surface area (Å²) >= 11 is 36.4. The Hall–Kier alpha value is -2.97. The third-order valence-corrected chi connectivity index (χ3v) is 13.1. The van der Waals surface area contributed by atoms with E-state index in [1.165, 1.54) is 82.4 Å². The van der Waals surface area contributed by atoms with E-state index in [4.69, 9.17) is 69.6 Å².